The van der Waals surface area contributed by atoms with Gasteiger partial charge in [-0.3, -0.25) is 4.98 Å². The highest BCUT2D eigenvalue weighted by Gasteiger charge is 2.24. The summed E-state index contributed by atoms with van der Waals surface area (Å²) >= 11 is 0. The molecule has 0 amide bonds. The molecule has 0 fully saturated rings. The summed E-state index contributed by atoms with van der Waals surface area (Å²) in [6.07, 6.45) is 3.63. The van der Waals surface area contributed by atoms with Crippen molar-refractivity contribution in [2.45, 2.75) is 0 Å². The Bertz CT molecular complexity index is 3130. The van der Waals surface area contributed by atoms with Crippen LogP contribution in [-0.4, -0.2) is 14.1 Å². The van der Waals surface area contributed by atoms with Gasteiger partial charge in [-0.15, -0.1) is 0 Å². The molecule has 0 N–H and O–H groups in total. The standard InChI is InChI=1S/C47H29N3O/c1-3-12-30(13-4-1)33-23-24-42-46(37-17-8-10-21-41(37)49(42)31-14-5-2-6-15-31)45(33)38-19-11-18-36-34-16-7-9-20-40(34)50(47(36)38)32-22-25-43-39(28-32)35-26-27-48-29-44(35)51-43/h1-29H. The van der Waals surface area contributed by atoms with E-state index in [9.17, 15) is 0 Å². The molecular weight excluding hydrogens is 623 g/mol. The highest BCUT2D eigenvalue weighted by atomic mass is 16.3. The van der Waals surface area contributed by atoms with Gasteiger partial charge in [0.1, 0.15) is 5.58 Å². The monoisotopic (exact) mass is 651 g/mol. The van der Waals surface area contributed by atoms with E-state index in [1.54, 1.807) is 6.20 Å². The van der Waals surface area contributed by atoms with Gasteiger partial charge in [0.15, 0.2) is 5.58 Å². The number of hydrogen-bond donors (Lipinski definition) is 0. The molecule has 7 aromatic carbocycles. The predicted molar refractivity (Wildman–Crippen MR) is 211 cm³/mol. The molecule has 4 heteroatoms. The molecule has 11 rings (SSSR count). The highest BCUT2D eigenvalue weighted by molar-refractivity contribution is 6.23. The summed E-state index contributed by atoms with van der Waals surface area (Å²) in [5, 5.41) is 7.04. The number of pyridine rings is 1. The summed E-state index contributed by atoms with van der Waals surface area (Å²) in [5.41, 5.74) is 13.4. The summed E-state index contributed by atoms with van der Waals surface area (Å²) < 4.78 is 11.1. The summed E-state index contributed by atoms with van der Waals surface area (Å²) in [7, 11) is 0. The third-order valence-electron chi connectivity index (χ3n) is 10.4. The van der Waals surface area contributed by atoms with E-state index in [4.69, 9.17) is 4.42 Å². The zero-order valence-corrected chi connectivity index (χ0v) is 27.5. The lowest BCUT2D eigenvalue weighted by atomic mass is 9.89. The van der Waals surface area contributed by atoms with Crippen LogP contribution in [0, 0.1) is 0 Å². The van der Waals surface area contributed by atoms with Crippen molar-refractivity contribution in [2.75, 3.05) is 0 Å². The largest absolute Gasteiger partial charge is 0.454 e. The van der Waals surface area contributed by atoms with E-state index in [-0.39, 0.29) is 0 Å². The van der Waals surface area contributed by atoms with Crippen LogP contribution in [0.15, 0.2) is 181 Å². The minimum atomic E-state index is 0.793. The Morgan fingerprint density at radius 2 is 1.16 bits per heavy atom. The fraction of sp³-hybridized carbons (Fsp3) is 0. The van der Waals surface area contributed by atoms with Crippen LogP contribution in [0.3, 0.4) is 0 Å². The first-order chi connectivity index (χ1) is 25.3. The highest BCUT2D eigenvalue weighted by Crippen LogP contribution is 2.47. The molecule has 0 aliphatic rings. The van der Waals surface area contributed by atoms with Gasteiger partial charge in [0, 0.05) is 61.0 Å². The fourth-order valence-corrected chi connectivity index (χ4v) is 8.30. The second-order valence-corrected chi connectivity index (χ2v) is 13.1. The molecule has 0 aliphatic heterocycles. The Kier molecular flexibility index (Phi) is 5.92. The molecule has 0 saturated carbocycles. The molecule has 0 unspecified atom stereocenters. The van der Waals surface area contributed by atoms with Crippen molar-refractivity contribution in [3.05, 3.63) is 176 Å². The predicted octanol–water partition coefficient (Wildman–Crippen LogP) is 12.5. The molecule has 0 spiro atoms. The van der Waals surface area contributed by atoms with Crippen molar-refractivity contribution in [3.63, 3.8) is 0 Å². The molecule has 11 aromatic rings. The fourth-order valence-electron chi connectivity index (χ4n) is 8.30. The molecule has 0 saturated heterocycles. The Balaban J connectivity index is 1.32. The maximum atomic E-state index is 6.21. The summed E-state index contributed by atoms with van der Waals surface area (Å²) in [6.45, 7) is 0. The Hall–Kier alpha value is -6.91. The quantitative estimate of drug-likeness (QED) is 0.190. The number of nitrogens with zero attached hydrogens (tertiary/aromatic N) is 3. The van der Waals surface area contributed by atoms with Gasteiger partial charge in [-0.2, -0.15) is 0 Å². The van der Waals surface area contributed by atoms with Crippen LogP contribution in [0.2, 0.25) is 0 Å². The first-order valence-corrected chi connectivity index (χ1v) is 17.3. The van der Waals surface area contributed by atoms with Crippen LogP contribution in [0.4, 0.5) is 0 Å². The van der Waals surface area contributed by atoms with Crippen LogP contribution in [0.1, 0.15) is 0 Å². The Morgan fingerprint density at radius 1 is 0.431 bits per heavy atom. The average Bonchev–Trinajstić information content (AvgIpc) is 3.86. The van der Waals surface area contributed by atoms with Crippen molar-refractivity contribution in [2.24, 2.45) is 0 Å². The number of aromatic nitrogens is 3. The molecule has 51 heavy (non-hydrogen) atoms. The van der Waals surface area contributed by atoms with Gasteiger partial charge < -0.3 is 13.6 Å². The van der Waals surface area contributed by atoms with Crippen molar-refractivity contribution in [3.8, 4) is 33.6 Å². The zero-order chi connectivity index (χ0) is 33.5. The molecule has 4 heterocycles. The molecule has 0 aliphatic carbocycles. The smallest absolute Gasteiger partial charge is 0.153 e. The number of hydrogen-bond acceptors (Lipinski definition) is 2. The topological polar surface area (TPSA) is 35.9 Å². The van der Waals surface area contributed by atoms with Gasteiger partial charge in [0.05, 0.1) is 28.3 Å². The SMILES string of the molecule is c1ccc(-c2ccc3c(c2-c2cccc4c5ccccc5n(-c5ccc6oc7cnccc7c6c5)c24)c2ccccc2n3-c2ccccc2)cc1. The van der Waals surface area contributed by atoms with Gasteiger partial charge in [0.25, 0.3) is 0 Å². The van der Waals surface area contributed by atoms with Gasteiger partial charge in [0.2, 0.25) is 0 Å². The molecule has 238 valence electrons. The van der Waals surface area contributed by atoms with Gasteiger partial charge in [-0.1, -0.05) is 109 Å². The van der Waals surface area contributed by atoms with Gasteiger partial charge >= 0.3 is 0 Å². The number of rotatable bonds is 4. The number of para-hydroxylation sites is 4. The summed E-state index contributed by atoms with van der Waals surface area (Å²) in [5.74, 6) is 0. The normalized spacial score (nSPS) is 11.9. The summed E-state index contributed by atoms with van der Waals surface area (Å²) in [6, 6.07) is 59.1. The maximum Gasteiger partial charge on any atom is 0.153 e. The average molecular weight is 652 g/mol. The number of furan rings is 1. The number of benzene rings is 7. The minimum absolute atomic E-state index is 0.793. The Labute approximate surface area is 293 Å². The van der Waals surface area contributed by atoms with E-state index in [2.05, 4.69) is 172 Å². The first kappa shape index (κ1) is 28.0. The van der Waals surface area contributed by atoms with E-state index < -0.39 is 0 Å². The van der Waals surface area contributed by atoms with E-state index in [1.807, 2.05) is 12.3 Å². The third kappa shape index (κ3) is 4.05. The maximum absolute atomic E-state index is 6.21. The van der Waals surface area contributed by atoms with Gasteiger partial charge in [-0.25, -0.2) is 0 Å². The number of fused-ring (bicyclic) bond motifs is 9. The molecule has 0 bridgehead atoms. The van der Waals surface area contributed by atoms with E-state index in [1.165, 1.54) is 60.3 Å². The minimum Gasteiger partial charge on any atom is -0.454 e. The van der Waals surface area contributed by atoms with Crippen LogP contribution < -0.4 is 0 Å². The van der Waals surface area contributed by atoms with Crippen LogP contribution in [0.25, 0.3) is 99.2 Å². The molecule has 0 atom stereocenters. The van der Waals surface area contributed by atoms with Crippen LogP contribution in [-0.2, 0) is 0 Å². The lowest BCUT2D eigenvalue weighted by Gasteiger charge is -2.17. The summed E-state index contributed by atoms with van der Waals surface area (Å²) in [4.78, 5) is 4.31. The second kappa shape index (κ2) is 10.8. The molecule has 0 radical (unpaired) electrons. The van der Waals surface area contributed by atoms with Crippen molar-refractivity contribution in [1.82, 2.24) is 14.1 Å². The van der Waals surface area contributed by atoms with Crippen molar-refractivity contribution < 1.29 is 4.42 Å². The zero-order valence-electron chi connectivity index (χ0n) is 27.5. The van der Waals surface area contributed by atoms with Crippen LogP contribution in [0.5, 0.6) is 0 Å². The Morgan fingerprint density at radius 3 is 2.00 bits per heavy atom. The van der Waals surface area contributed by atoms with Crippen LogP contribution >= 0.6 is 0 Å². The molecular formula is C47H29N3O. The molecule has 4 aromatic heterocycles. The first-order valence-electron chi connectivity index (χ1n) is 17.3. The lowest BCUT2D eigenvalue weighted by molar-refractivity contribution is 0.667. The third-order valence-corrected chi connectivity index (χ3v) is 10.4. The van der Waals surface area contributed by atoms with Gasteiger partial charge in [-0.05, 0) is 65.7 Å². The van der Waals surface area contributed by atoms with E-state index >= 15 is 0 Å². The van der Waals surface area contributed by atoms with Crippen molar-refractivity contribution in [1.29, 1.82) is 0 Å². The van der Waals surface area contributed by atoms with E-state index in [0.717, 1.165) is 38.8 Å². The van der Waals surface area contributed by atoms with E-state index in [0.29, 0.717) is 0 Å². The second-order valence-electron chi connectivity index (χ2n) is 13.1. The van der Waals surface area contributed by atoms with Crippen molar-refractivity contribution >= 4 is 65.6 Å². The molecule has 4 nitrogen and oxygen atoms in total. The lowest BCUT2D eigenvalue weighted by Crippen LogP contribution is -1.97.